The van der Waals surface area contributed by atoms with Crippen LogP contribution in [0.2, 0.25) is 0 Å². The highest BCUT2D eigenvalue weighted by molar-refractivity contribution is 5.30. The van der Waals surface area contributed by atoms with Crippen LogP contribution in [-0.4, -0.2) is 13.7 Å². The van der Waals surface area contributed by atoms with E-state index in [-0.39, 0.29) is 5.82 Å². The van der Waals surface area contributed by atoms with Crippen molar-refractivity contribution in [2.24, 2.45) is 0 Å². The van der Waals surface area contributed by atoms with Crippen LogP contribution in [0.15, 0.2) is 48.5 Å². The minimum atomic E-state index is -0.273. The third-order valence-electron chi connectivity index (χ3n) is 3.24. The SMILES string of the molecule is COc1cccc(CNCCCc2ccccc2)c1F. The maximum atomic E-state index is 13.9. The first-order valence-corrected chi connectivity index (χ1v) is 6.87. The fraction of sp³-hybridized carbons (Fsp3) is 0.294. The third-order valence-corrected chi connectivity index (χ3v) is 3.24. The van der Waals surface area contributed by atoms with Crippen molar-refractivity contribution < 1.29 is 9.13 Å². The zero-order chi connectivity index (χ0) is 14.2. The van der Waals surface area contributed by atoms with Gasteiger partial charge in [-0.2, -0.15) is 0 Å². The number of benzene rings is 2. The number of aryl methyl sites for hydroxylation is 1. The van der Waals surface area contributed by atoms with Crippen molar-refractivity contribution in [1.82, 2.24) is 5.32 Å². The lowest BCUT2D eigenvalue weighted by Crippen LogP contribution is -2.16. The van der Waals surface area contributed by atoms with Crippen LogP contribution in [0.5, 0.6) is 5.75 Å². The summed E-state index contributed by atoms with van der Waals surface area (Å²) in [5, 5.41) is 3.27. The molecule has 0 atom stereocenters. The van der Waals surface area contributed by atoms with Gasteiger partial charge in [0, 0.05) is 12.1 Å². The first-order valence-electron chi connectivity index (χ1n) is 6.87. The predicted molar refractivity (Wildman–Crippen MR) is 79.4 cm³/mol. The van der Waals surface area contributed by atoms with E-state index in [1.165, 1.54) is 12.7 Å². The van der Waals surface area contributed by atoms with Gasteiger partial charge in [0.2, 0.25) is 0 Å². The summed E-state index contributed by atoms with van der Waals surface area (Å²) in [6.45, 7) is 1.39. The van der Waals surface area contributed by atoms with E-state index in [2.05, 4.69) is 17.4 Å². The highest BCUT2D eigenvalue weighted by atomic mass is 19.1. The van der Waals surface area contributed by atoms with Gasteiger partial charge in [-0.25, -0.2) is 4.39 Å². The van der Waals surface area contributed by atoms with Crippen molar-refractivity contribution in [3.8, 4) is 5.75 Å². The van der Waals surface area contributed by atoms with Gasteiger partial charge >= 0.3 is 0 Å². The molecule has 0 unspecified atom stereocenters. The van der Waals surface area contributed by atoms with Gasteiger partial charge in [0.1, 0.15) is 0 Å². The highest BCUT2D eigenvalue weighted by Crippen LogP contribution is 2.19. The van der Waals surface area contributed by atoms with Gasteiger partial charge in [-0.3, -0.25) is 0 Å². The van der Waals surface area contributed by atoms with E-state index in [1.807, 2.05) is 24.3 Å². The minimum Gasteiger partial charge on any atom is -0.494 e. The molecule has 3 heteroatoms. The van der Waals surface area contributed by atoms with Crippen LogP contribution in [0, 0.1) is 5.82 Å². The molecule has 2 nitrogen and oxygen atoms in total. The van der Waals surface area contributed by atoms with E-state index in [0.29, 0.717) is 17.9 Å². The molecule has 0 amide bonds. The van der Waals surface area contributed by atoms with Crippen LogP contribution < -0.4 is 10.1 Å². The number of ether oxygens (including phenoxy) is 1. The second-order valence-corrected chi connectivity index (χ2v) is 4.70. The van der Waals surface area contributed by atoms with Crippen molar-refractivity contribution >= 4 is 0 Å². The number of halogens is 1. The van der Waals surface area contributed by atoms with Crippen molar-refractivity contribution in [2.45, 2.75) is 19.4 Å². The second-order valence-electron chi connectivity index (χ2n) is 4.70. The van der Waals surface area contributed by atoms with E-state index in [4.69, 9.17) is 4.74 Å². The van der Waals surface area contributed by atoms with Crippen LogP contribution in [0.3, 0.4) is 0 Å². The molecule has 2 rings (SSSR count). The van der Waals surface area contributed by atoms with E-state index in [9.17, 15) is 4.39 Å². The Hall–Kier alpha value is -1.87. The number of nitrogens with one attached hydrogen (secondary N) is 1. The standard InChI is InChI=1S/C17H20FNO/c1-20-16-11-5-10-15(17(16)18)13-19-12-6-9-14-7-3-2-4-8-14/h2-5,7-8,10-11,19H,6,9,12-13H2,1H3. The first-order chi connectivity index (χ1) is 9.81. The minimum absolute atomic E-state index is 0.273. The normalized spacial score (nSPS) is 10.5. The van der Waals surface area contributed by atoms with E-state index in [0.717, 1.165) is 19.4 Å². The first kappa shape index (κ1) is 14.5. The molecule has 2 aromatic rings. The molecule has 0 heterocycles. The molecule has 0 aliphatic heterocycles. The zero-order valence-electron chi connectivity index (χ0n) is 11.7. The Morgan fingerprint density at radius 1 is 1.05 bits per heavy atom. The van der Waals surface area contributed by atoms with E-state index < -0.39 is 0 Å². The summed E-state index contributed by atoms with van der Waals surface area (Å²) in [4.78, 5) is 0. The van der Waals surface area contributed by atoms with Crippen molar-refractivity contribution in [1.29, 1.82) is 0 Å². The van der Waals surface area contributed by atoms with Crippen molar-refractivity contribution in [3.63, 3.8) is 0 Å². The lowest BCUT2D eigenvalue weighted by molar-refractivity contribution is 0.383. The van der Waals surface area contributed by atoms with Gasteiger partial charge in [-0.05, 0) is 31.0 Å². The summed E-state index contributed by atoms with van der Waals surface area (Å²) in [6, 6.07) is 15.6. The van der Waals surface area contributed by atoms with Crippen molar-refractivity contribution in [3.05, 3.63) is 65.5 Å². The van der Waals surface area contributed by atoms with Crippen LogP contribution in [0.1, 0.15) is 17.5 Å². The summed E-state index contributed by atoms with van der Waals surface area (Å²) in [7, 11) is 1.48. The van der Waals surface area contributed by atoms with Gasteiger partial charge in [0.15, 0.2) is 11.6 Å². The van der Waals surface area contributed by atoms with Crippen LogP contribution in [0.4, 0.5) is 4.39 Å². The van der Waals surface area contributed by atoms with E-state index >= 15 is 0 Å². The van der Waals surface area contributed by atoms with Gasteiger partial charge in [0.05, 0.1) is 7.11 Å². The fourth-order valence-corrected chi connectivity index (χ4v) is 2.14. The number of hydrogen-bond acceptors (Lipinski definition) is 2. The summed E-state index contributed by atoms with van der Waals surface area (Å²) < 4.78 is 18.9. The Kier molecular flexibility index (Phi) is 5.56. The lowest BCUT2D eigenvalue weighted by Gasteiger charge is -2.08. The summed E-state index contributed by atoms with van der Waals surface area (Å²) in [5.41, 5.74) is 1.98. The predicted octanol–water partition coefficient (Wildman–Crippen LogP) is 3.56. The molecule has 0 aliphatic carbocycles. The van der Waals surface area contributed by atoms with Gasteiger partial charge in [-0.15, -0.1) is 0 Å². The lowest BCUT2D eigenvalue weighted by atomic mass is 10.1. The molecule has 2 aromatic carbocycles. The van der Waals surface area contributed by atoms with E-state index in [1.54, 1.807) is 12.1 Å². The fourth-order valence-electron chi connectivity index (χ4n) is 2.14. The highest BCUT2D eigenvalue weighted by Gasteiger charge is 2.07. The molecule has 20 heavy (non-hydrogen) atoms. The second kappa shape index (κ2) is 7.65. The Bertz CT molecular complexity index is 528. The van der Waals surface area contributed by atoms with Crippen molar-refractivity contribution in [2.75, 3.05) is 13.7 Å². The molecule has 0 saturated heterocycles. The average Bonchev–Trinajstić information content (AvgIpc) is 2.49. The molecule has 0 aromatic heterocycles. The molecule has 0 saturated carbocycles. The molecule has 0 radical (unpaired) electrons. The molecule has 0 aliphatic rings. The quantitative estimate of drug-likeness (QED) is 0.779. The van der Waals surface area contributed by atoms with Crippen LogP contribution in [0.25, 0.3) is 0 Å². The molecule has 1 N–H and O–H groups in total. The number of hydrogen-bond donors (Lipinski definition) is 1. The summed E-state index contributed by atoms with van der Waals surface area (Å²) >= 11 is 0. The smallest absolute Gasteiger partial charge is 0.169 e. The molecule has 106 valence electrons. The summed E-state index contributed by atoms with van der Waals surface area (Å²) in [6.07, 6.45) is 2.07. The average molecular weight is 273 g/mol. The Morgan fingerprint density at radius 3 is 2.60 bits per heavy atom. The Labute approximate surface area is 119 Å². The molecular weight excluding hydrogens is 253 g/mol. The molecule has 0 bridgehead atoms. The Morgan fingerprint density at radius 2 is 1.85 bits per heavy atom. The van der Waals surface area contributed by atoms with Crippen LogP contribution >= 0.6 is 0 Å². The van der Waals surface area contributed by atoms with Gasteiger partial charge in [0.25, 0.3) is 0 Å². The molecular formula is C17H20FNO. The molecule has 0 spiro atoms. The zero-order valence-corrected chi connectivity index (χ0v) is 11.7. The Balaban J connectivity index is 1.74. The summed E-state index contributed by atoms with van der Waals surface area (Å²) in [5.74, 6) is 0.0270. The maximum Gasteiger partial charge on any atom is 0.169 e. The monoisotopic (exact) mass is 273 g/mol. The largest absolute Gasteiger partial charge is 0.494 e. The number of methoxy groups -OCH3 is 1. The number of rotatable bonds is 7. The van der Waals surface area contributed by atoms with Gasteiger partial charge in [-0.1, -0.05) is 42.5 Å². The topological polar surface area (TPSA) is 21.3 Å². The maximum absolute atomic E-state index is 13.9. The molecule has 0 fully saturated rings. The van der Waals surface area contributed by atoms with Gasteiger partial charge < -0.3 is 10.1 Å². The van der Waals surface area contributed by atoms with Crippen LogP contribution in [-0.2, 0) is 13.0 Å². The third kappa shape index (κ3) is 4.07.